The summed E-state index contributed by atoms with van der Waals surface area (Å²) in [6, 6.07) is 22.9. The smallest absolute Gasteiger partial charge is 0.257 e. The first-order chi connectivity index (χ1) is 15.7. The summed E-state index contributed by atoms with van der Waals surface area (Å²) >= 11 is 0. The van der Waals surface area contributed by atoms with E-state index >= 15 is 0 Å². The van der Waals surface area contributed by atoms with Gasteiger partial charge in [-0.3, -0.25) is 9.69 Å². The van der Waals surface area contributed by atoms with Crippen molar-refractivity contribution >= 4 is 5.91 Å². The molecule has 1 aliphatic heterocycles. The standard InChI is InChI=1S/C26H28N2O4/c1-30-24-13-12-20(18-25(24)31-2)19-27-14-16-28(17-15-27)26(29)22-10-6-7-11-23(22)32-21-8-4-3-5-9-21/h3-13,18H,14-17,19H2,1-2H3. The first-order valence-corrected chi connectivity index (χ1v) is 10.7. The van der Waals surface area contributed by atoms with E-state index in [0.29, 0.717) is 30.2 Å². The average Bonchev–Trinajstić information content (AvgIpc) is 2.85. The van der Waals surface area contributed by atoms with Crippen molar-refractivity contribution in [3.05, 3.63) is 83.9 Å². The van der Waals surface area contributed by atoms with Crippen molar-refractivity contribution in [3.8, 4) is 23.0 Å². The Kier molecular flexibility index (Phi) is 6.92. The fourth-order valence-electron chi connectivity index (χ4n) is 3.86. The minimum absolute atomic E-state index is 0.00213. The van der Waals surface area contributed by atoms with Crippen LogP contribution in [0.4, 0.5) is 0 Å². The average molecular weight is 433 g/mol. The number of carbonyl (C=O) groups excluding carboxylic acids is 1. The minimum Gasteiger partial charge on any atom is -0.493 e. The van der Waals surface area contributed by atoms with Crippen molar-refractivity contribution in [2.75, 3.05) is 40.4 Å². The Hall–Kier alpha value is -3.51. The molecule has 1 saturated heterocycles. The van der Waals surface area contributed by atoms with Crippen LogP contribution in [0.1, 0.15) is 15.9 Å². The quantitative estimate of drug-likeness (QED) is 0.552. The zero-order chi connectivity index (χ0) is 22.3. The summed E-state index contributed by atoms with van der Waals surface area (Å²) in [6.07, 6.45) is 0. The molecule has 3 aromatic rings. The summed E-state index contributed by atoms with van der Waals surface area (Å²) in [5.74, 6) is 2.75. The van der Waals surface area contributed by atoms with Gasteiger partial charge in [0.15, 0.2) is 11.5 Å². The molecule has 0 spiro atoms. The third-order valence-electron chi connectivity index (χ3n) is 5.60. The highest BCUT2D eigenvalue weighted by atomic mass is 16.5. The number of hydrogen-bond donors (Lipinski definition) is 0. The van der Waals surface area contributed by atoms with Gasteiger partial charge < -0.3 is 19.1 Å². The largest absolute Gasteiger partial charge is 0.493 e. The van der Waals surface area contributed by atoms with Crippen LogP contribution < -0.4 is 14.2 Å². The summed E-state index contributed by atoms with van der Waals surface area (Å²) in [5.41, 5.74) is 1.74. The normalized spacial score (nSPS) is 14.1. The number of rotatable bonds is 7. The van der Waals surface area contributed by atoms with Crippen LogP contribution in [0.5, 0.6) is 23.0 Å². The maximum atomic E-state index is 13.2. The third-order valence-corrected chi connectivity index (χ3v) is 5.60. The van der Waals surface area contributed by atoms with Gasteiger partial charge >= 0.3 is 0 Å². The van der Waals surface area contributed by atoms with Gasteiger partial charge in [0.25, 0.3) is 5.91 Å². The first-order valence-electron chi connectivity index (χ1n) is 10.7. The van der Waals surface area contributed by atoms with E-state index in [2.05, 4.69) is 11.0 Å². The molecule has 0 bridgehead atoms. The molecule has 1 amide bonds. The second-order valence-electron chi connectivity index (χ2n) is 7.67. The molecule has 1 aliphatic rings. The summed E-state index contributed by atoms with van der Waals surface area (Å²) in [4.78, 5) is 17.5. The predicted molar refractivity (Wildman–Crippen MR) is 124 cm³/mol. The maximum Gasteiger partial charge on any atom is 0.257 e. The van der Waals surface area contributed by atoms with E-state index in [0.717, 1.165) is 36.7 Å². The number of para-hydroxylation sites is 2. The van der Waals surface area contributed by atoms with Gasteiger partial charge in [0.1, 0.15) is 11.5 Å². The molecule has 1 fully saturated rings. The number of nitrogens with zero attached hydrogens (tertiary/aromatic N) is 2. The van der Waals surface area contributed by atoms with Crippen LogP contribution in [-0.4, -0.2) is 56.1 Å². The molecular weight excluding hydrogens is 404 g/mol. The highest BCUT2D eigenvalue weighted by Crippen LogP contribution is 2.29. The van der Waals surface area contributed by atoms with E-state index in [1.165, 1.54) is 0 Å². The SMILES string of the molecule is COc1ccc(CN2CCN(C(=O)c3ccccc3Oc3ccccc3)CC2)cc1OC. The van der Waals surface area contributed by atoms with Crippen molar-refractivity contribution < 1.29 is 19.0 Å². The molecule has 0 radical (unpaired) electrons. The summed E-state index contributed by atoms with van der Waals surface area (Å²) in [5, 5.41) is 0. The molecule has 0 saturated carbocycles. The summed E-state index contributed by atoms with van der Waals surface area (Å²) < 4.78 is 16.7. The molecule has 4 rings (SSSR count). The monoisotopic (exact) mass is 432 g/mol. The second kappa shape index (κ2) is 10.2. The lowest BCUT2D eigenvalue weighted by atomic mass is 10.1. The van der Waals surface area contributed by atoms with Crippen LogP contribution >= 0.6 is 0 Å². The Bertz CT molecular complexity index is 1050. The third kappa shape index (κ3) is 5.03. The topological polar surface area (TPSA) is 51.2 Å². The number of carbonyl (C=O) groups is 1. The molecule has 0 N–H and O–H groups in total. The van der Waals surface area contributed by atoms with Gasteiger partial charge in [-0.15, -0.1) is 0 Å². The number of methoxy groups -OCH3 is 2. The van der Waals surface area contributed by atoms with Gasteiger partial charge in [-0.05, 0) is 42.0 Å². The fraction of sp³-hybridized carbons (Fsp3) is 0.269. The van der Waals surface area contributed by atoms with E-state index < -0.39 is 0 Å². The van der Waals surface area contributed by atoms with Crippen molar-refractivity contribution in [3.63, 3.8) is 0 Å². The van der Waals surface area contributed by atoms with Crippen LogP contribution in [0.3, 0.4) is 0 Å². The Morgan fingerprint density at radius 3 is 2.19 bits per heavy atom. The summed E-state index contributed by atoms with van der Waals surface area (Å²) in [6.45, 7) is 3.76. The van der Waals surface area contributed by atoms with Crippen LogP contribution in [-0.2, 0) is 6.54 Å². The fourth-order valence-corrected chi connectivity index (χ4v) is 3.86. The van der Waals surface area contributed by atoms with Gasteiger partial charge in [-0.2, -0.15) is 0 Å². The highest BCUT2D eigenvalue weighted by molar-refractivity contribution is 5.97. The van der Waals surface area contributed by atoms with E-state index in [1.54, 1.807) is 14.2 Å². The number of amides is 1. The zero-order valence-electron chi connectivity index (χ0n) is 18.5. The molecule has 166 valence electrons. The van der Waals surface area contributed by atoms with Gasteiger partial charge in [0.05, 0.1) is 19.8 Å². The van der Waals surface area contributed by atoms with Crippen molar-refractivity contribution in [1.82, 2.24) is 9.80 Å². The number of benzene rings is 3. The number of hydrogen-bond acceptors (Lipinski definition) is 5. The lowest BCUT2D eigenvalue weighted by Crippen LogP contribution is -2.48. The van der Waals surface area contributed by atoms with Gasteiger partial charge in [0.2, 0.25) is 0 Å². The van der Waals surface area contributed by atoms with Gasteiger partial charge in [-0.25, -0.2) is 0 Å². The van der Waals surface area contributed by atoms with Crippen LogP contribution in [0.15, 0.2) is 72.8 Å². The van der Waals surface area contributed by atoms with Crippen molar-refractivity contribution in [2.24, 2.45) is 0 Å². The van der Waals surface area contributed by atoms with Gasteiger partial charge in [-0.1, -0.05) is 36.4 Å². The molecule has 3 aromatic carbocycles. The highest BCUT2D eigenvalue weighted by Gasteiger charge is 2.24. The Balaban J connectivity index is 1.38. The van der Waals surface area contributed by atoms with Crippen LogP contribution in [0.25, 0.3) is 0 Å². The number of ether oxygens (including phenoxy) is 3. The van der Waals surface area contributed by atoms with E-state index in [4.69, 9.17) is 14.2 Å². The molecule has 0 aromatic heterocycles. The summed E-state index contributed by atoms with van der Waals surface area (Å²) in [7, 11) is 3.28. The van der Waals surface area contributed by atoms with Crippen LogP contribution in [0, 0.1) is 0 Å². The number of piperazine rings is 1. The van der Waals surface area contributed by atoms with Crippen molar-refractivity contribution in [1.29, 1.82) is 0 Å². The predicted octanol–water partition coefficient (Wildman–Crippen LogP) is 4.45. The molecule has 0 aliphatic carbocycles. The van der Waals surface area contributed by atoms with Gasteiger partial charge in [0, 0.05) is 32.7 Å². The Labute approximate surface area is 188 Å². The molecule has 0 atom stereocenters. The first kappa shape index (κ1) is 21.7. The zero-order valence-corrected chi connectivity index (χ0v) is 18.5. The molecule has 6 heteroatoms. The second-order valence-corrected chi connectivity index (χ2v) is 7.67. The lowest BCUT2D eigenvalue weighted by Gasteiger charge is -2.35. The van der Waals surface area contributed by atoms with E-state index in [1.807, 2.05) is 71.6 Å². The molecule has 32 heavy (non-hydrogen) atoms. The molecule has 0 unspecified atom stereocenters. The van der Waals surface area contributed by atoms with E-state index in [9.17, 15) is 4.79 Å². The van der Waals surface area contributed by atoms with Crippen molar-refractivity contribution in [2.45, 2.75) is 6.54 Å². The Morgan fingerprint density at radius 2 is 1.47 bits per heavy atom. The Morgan fingerprint density at radius 1 is 0.781 bits per heavy atom. The maximum absolute atomic E-state index is 13.2. The molecule has 1 heterocycles. The molecule has 6 nitrogen and oxygen atoms in total. The lowest BCUT2D eigenvalue weighted by molar-refractivity contribution is 0.0626. The minimum atomic E-state index is 0.00213. The molecular formula is C26H28N2O4. The van der Waals surface area contributed by atoms with Crippen LogP contribution in [0.2, 0.25) is 0 Å². The van der Waals surface area contributed by atoms with E-state index in [-0.39, 0.29) is 5.91 Å².